The first kappa shape index (κ1) is 14.6. The van der Waals surface area contributed by atoms with E-state index in [2.05, 4.69) is 11.9 Å². The monoisotopic (exact) mass is 274 g/mol. The maximum atomic E-state index is 12.2. The average molecular weight is 274 g/mol. The average Bonchev–Trinajstić information content (AvgIpc) is 3.00. The minimum atomic E-state index is -0.00445. The molecule has 1 aromatic carbocycles. The van der Waals surface area contributed by atoms with Gasteiger partial charge < -0.3 is 15.0 Å². The van der Waals surface area contributed by atoms with Crippen molar-refractivity contribution in [3.05, 3.63) is 42.5 Å². The van der Waals surface area contributed by atoms with E-state index >= 15 is 0 Å². The predicted octanol–water partition coefficient (Wildman–Crippen LogP) is 1.96. The number of amides is 1. The number of benzene rings is 1. The summed E-state index contributed by atoms with van der Waals surface area (Å²) in [5, 5.41) is 3.23. The van der Waals surface area contributed by atoms with Crippen LogP contribution in [0.2, 0.25) is 0 Å². The van der Waals surface area contributed by atoms with Crippen molar-refractivity contribution in [3.63, 3.8) is 0 Å². The topological polar surface area (TPSA) is 41.6 Å². The number of nitrogens with one attached hydrogen (secondary N) is 1. The molecule has 1 N–H and O–H groups in total. The van der Waals surface area contributed by atoms with Crippen molar-refractivity contribution in [1.29, 1.82) is 0 Å². The van der Waals surface area contributed by atoms with Crippen molar-refractivity contribution >= 4 is 5.91 Å². The van der Waals surface area contributed by atoms with Crippen LogP contribution >= 0.6 is 0 Å². The van der Waals surface area contributed by atoms with Crippen LogP contribution in [0.25, 0.3) is 0 Å². The Kier molecular flexibility index (Phi) is 5.18. The van der Waals surface area contributed by atoms with E-state index in [4.69, 9.17) is 4.74 Å². The standard InChI is InChI=1S/C16H22N2O2/c1-3-11-20-14-8-6-13(7-9-14)12-18(2)16(19)15-5-4-10-17-15/h3,6-9,15,17H,1,4-5,10-12H2,2H3. The fraction of sp³-hybridized carbons (Fsp3) is 0.438. The Morgan fingerprint density at radius 2 is 2.25 bits per heavy atom. The molecule has 108 valence electrons. The first-order valence-corrected chi connectivity index (χ1v) is 7.01. The summed E-state index contributed by atoms with van der Waals surface area (Å²) in [5.41, 5.74) is 1.10. The van der Waals surface area contributed by atoms with Gasteiger partial charge in [-0.15, -0.1) is 0 Å². The highest BCUT2D eigenvalue weighted by Gasteiger charge is 2.24. The molecule has 0 bridgehead atoms. The Balaban J connectivity index is 1.88. The van der Waals surface area contributed by atoms with Crippen molar-refractivity contribution in [2.24, 2.45) is 0 Å². The van der Waals surface area contributed by atoms with Crippen LogP contribution in [0, 0.1) is 0 Å². The predicted molar refractivity (Wildman–Crippen MR) is 79.6 cm³/mol. The third kappa shape index (κ3) is 3.84. The zero-order valence-electron chi connectivity index (χ0n) is 12.0. The van der Waals surface area contributed by atoms with Crippen LogP contribution in [0.4, 0.5) is 0 Å². The summed E-state index contributed by atoms with van der Waals surface area (Å²) in [6.07, 6.45) is 3.74. The van der Waals surface area contributed by atoms with Crippen LogP contribution in [0.3, 0.4) is 0 Å². The van der Waals surface area contributed by atoms with Crippen LogP contribution in [0.15, 0.2) is 36.9 Å². The van der Waals surface area contributed by atoms with Crippen molar-refractivity contribution < 1.29 is 9.53 Å². The van der Waals surface area contributed by atoms with Crippen molar-refractivity contribution in [3.8, 4) is 5.75 Å². The Morgan fingerprint density at radius 3 is 2.85 bits per heavy atom. The lowest BCUT2D eigenvalue weighted by molar-refractivity contribution is -0.132. The second kappa shape index (κ2) is 7.10. The van der Waals surface area contributed by atoms with Crippen LogP contribution in [0.1, 0.15) is 18.4 Å². The molecular weight excluding hydrogens is 252 g/mol. The second-order valence-corrected chi connectivity index (χ2v) is 5.09. The number of hydrogen-bond donors (Lipinski definition) is 1. The number of carbonyl (C=O) groups is 1. The molecule has 1 aromatic rings. The highest BCUT2D eigenvalue weighted by atomic mass is 16.5. The Morgan fingerprint density at radius 1 is 1.50 bits per heavy atom. The summed E-state index contributed by atoms with van der Waals surface area (Å²) in [4.78, 5) is 14.0. The van der Waals surface area contributed by atoms with E-state index < -0.39 is 0 Å². The molecule has 20 heavy (non-hydrogen) atoms. The van der Waals surface area contributed by atoms with Gasteiger partial charge in [0.25, 0.3) is 0 Å². The van der Waals surface area contributed by atoms with E-state index in [-0.39, 0.29) is 11.9 Å². The molecule has 2 rings (SSSR count). The molecule has 0 radical (unpaired) electrons. The van der Waals surface area contributed by atoms with Crippen LogP contribution in [-0.4, -0.2) is 37.0 Å². The molecule has 1 aliphatic heterocycles. The summed E-state index contributed by atoms with van der Waals surface area (Å²) < 4.78 is 5.44. The Bertz CT molecular complexity index is 450. The summed E-state index contributed by atoms with van der Waals surface area (Å²) in [5.74, 6) is 0.995. The molecule has 0 saturated carbocycles. The lowest BCUT2D eigenvalue weighted by atomic mass is 10.1. The van der Waals surface area contributed by atoms with Gasteiger partial charge in [-0.05, 0) is 37.1 Å². The molecular formula is C16H22N2O2. The molecule has 0 aromatic heterocycles. The third-order valence-corrected chi connectivity index (χ3v) is 3.45. The van der Waals surface area contributed by atoms with Gasteiger partial charge in [-0.25, -0.2) is 0 Å². The van der Waals surface area contributed by atoms with Crippen LogP contribution in [0.5, 0.6) is 5.75 Å². The van der Waals surface area contributed by atoms with Gasteiger partial charge >= 0.3 is 0 Å². The van der Waals surface area contributed by atoms with Gasteiger partial charge in [-0.1, -0.05) is 24.8 Å². The normalized spacial score (nSPS) is 17.8. The van der Waals surface area contributed by atoms with Crippen LogP contribution < -0.4 is 10.1 Å². The third-order valence-electron chi connectivity index (χ3n) is 3.45. The van der Waals surface area contributed by atoms with Gasteiger partial charge in [0.1, 0.15) is 12.4 Å². The minimum absolute atomic E-state index is 0.00445. The number of hydrogen-bond acceptors (Lipinski definition) is 3. The molecule has 0 spiro atoms. The van der Waals surface area contributed by atoms with Crippen molar-refractivity contribution in [2.45, 2.75) is 25.4 Å². The lowest BCUT2D eigenvalue weighted by Crippen LogP contribution is -2.41. The Hall–Kier alpha value is -1.81. The largest absolute Gasteiger partial charge is 0.490 e. The summed E-state index contributed by atoms with van der Waals surface area (Å²) in [6.45, 7) is 5.69. The molecule has 1 fully saturated rings. The molecule has 1 aliphatic rings. The van der Waals surface area contributed by atoms with E-state index in [1.165, 1.54) is 0 Å². The first-order chi connectivity index (χ1) is 9.70. The van der Waals surface area contributed by atoms with Gasteiger partial charge in [-0.3, -0.25) is 4.79 Å². The zero-order chi connectivity index (χ0) is 14.4. The number of rotatable bonds is 6. The minimum Gasteiger partial charge on any atom is -0.490 e. The summed E-state index contributed by atoms with van der Waals surface area (Å²) in [7, 11) is 1.85. The molecule has 4 heteroatoms. The van der Waals surface area contributed by atoms with E-state index in [1.807, 2.05) is 31.3 Å². The highest BCUT2D eigenvalue weighted by molar-refractivity contribution is 5.81. The van der Waals surface area contributed by atoms with Crippen LogP contribution in [-0.2, 0) is 11.3 Å². The summed E-state index contributed by atoms with van der Waals surface area (Å²) in [6, 6.07) is 7.82. The van der Waals surface area contributed by atoms with E-state index in [9.17, 15) is 4.79 Å². The number of carbonyl (C=O) groups excluding carboxylic acids is 1. The molecule has 1 heterocycles. The highest BCUT2D eigenvalue weighted by Crippen LogP contribution is 2.15. The van der Waals surface area contributed by atoms with Gasteiger partial charge in [0, 0.05) is 13.6 Å². The fourth-order valence-corrected chi connectivity index (χ4v) is 2.36. The molecule has 4 nitrogen and oxygen atoms in total. The maximum absolute atomic E-state index is 12.2. The van der Waals surface area contributed by atoms with Gasteiger partial charge in [-0.2, -0.15) is 0 Å². The van der Waals surface area contributed by atoms with E-state index in [0.29, 0.717) is 13.2 Å². The fourth-order valence-electron chi connectivity index (χ4n) is 2.36. The second-order valence-electron chi connectivity index (χ2n) is 5.09. The zero-order valence-corrected chi connectivity index (χ0v) is 12.0. The lowest BCUT2D eigenvalue weighted by Gasteiger charge is -2.21. The number of likely N-dealkylation sites (N-methyl/N-ethyl adjacent to an activating group) is 1. The summed E-state index contributed by atoms with van der Waals surface area (Å²) >= 11 is 0. The van der Waals surface area contributed by atoms with Gasteiger partial charge in [0.15, 0.2) is 0 Å². The SMILES string of the molecule is C=CCOc1ccc(CN(C)C(=O)C2CCCN2)cc1. The van der Waals surface area contributed by atoms with Gasteiger partial charge in [0.2, 0.25) is 5.91 Å². The Labute approximate surface area is 120 Å². The van der Waals surface area contributed by atoms with Gasteiger partial charge in [0.05, 0.1) is 6.04 Å². The first-order valence-electron chi connectivity index (χ1n) is 7.01. The smallest absolute Gasteiger partial charge is 0.239 e. The van der Waals surface area contributed by atoms with Crippen molar-refractivity contribution in [1.82, 2.24) is 10.2 Å². The van der Waals surface area contributed by atoms with E-state index in [0.717, 1.165) is 30.7 Å². The molecule has 0 aliphatic carbocycles. The quantitative estimate of drug-likeness (QED) is 0.806. The van der Waals surface area contributed by atoms with E-state index in [1.54, 1.807) is 11.0 Å². The molecule has 1 amide bonds. The number of nitrogens with zero attached hydrogens (tertiary/aromatic N) is 1. The number of ether oxygens (including phenoxy) is 1. The maximum Gasteiger partial charge on any atom is 0.239 e. The molecule has 1 atom stereocenters. The molecule has 1 saturated heterocycles. The van der Waals surface area contributed by atoms with Crippen molar-refractivity contribution in [2.75, 3.05) is 20.2 Å². The molecule has 1 unspecified atom stereocenters.